The van der Waals surface area contributed by atoms with E-state index in [1.165, 1.54) is 0 Å². The van der Waals surface area contributed by atoms with Crippen LogP contribution in [-0.2, 0) is 0 Å². The van der Waals surface area contributed by atoms with Crippen LogP contribution in [0, 0.1) is 0 Å². The third-order valence-electron chi connectivity index (χ3n) is 3.51. The highest BCUT2D eigenvalue weighted by atomic mass is 16.3. The van der Waals surface area contributed by atoms with Crippen LogP contribution in [-0.4, -0.2) is 47.3 Å². The maximum atomic E-state index is 12.0. The SMILES string of the molecule is CC[C@@H](CO)NC(=O)c1ccc(C(=O)N[C@@H](CC)CO)cc1. The molecule has 0 unspecified atom stereocenters. The predicted molar refractivity (Wildman–Crippen MR) is 83.7 cm³/mol. The van der Waals surface area contributed by atoms with E-state index < -0.39 is 0 Å². The summed E-state index contributed by atoms with van der Waals surface area (Å²) in [4.78, 5) is 23.9. The Morgan fingerprint density at radius 1 is 0.864 bits per heavy atom. The summed E-state index contributed by atoms with van der Waals surface area (Å²) in [7, 11) is 0. The maximum Gasteiger partial charge on any atom is 0.251 e. The molecule has 0 saturated carbocycles. The number of aliphatic hydroxyl groups is 2. The molecule has 1 rings (SSSR count). The first-order chi connectivity index (χ1) is 10.5. The van der Waals surface area contributed by atoms with Gasteiger partial charge in [0.1, 0.15) is 0 Å². The van der Waals surface area contributed by atoms with E-state index in [0.29, 0.717) is 24.0 Å². The number of benzene rings is 1. The highest BCUT2D eigenvalue weighted by Gasteiger charge is 2.14. The summed E-state index contributed by atoms with van der Waals surface area (Å²) < 4.78 is 0. The Morgan fingerprint density at radius 3 is 1.41 bits per heavy atom. The topological polar surface area (TPSA) is 98.7 Å². The molecule has 4 N–H and O–H groups in total. The van der Waals surface area contributed by atoms with Gasteiger partial charge in [0.15, 0.2) is 0 Å². The molecule has 122 valence electrons. The van der Waals surface area contributed by atoms with Crippen LogP contribution in [0.25, 0.3) is 0 Å². The lowest BCUT2D eigenvalue weighted by atomic mass is 10.1. The van der Waals surface area contributed by atoms with E-state index >= 15 is 0 Å². The smallest absolute Gasteiger partial charge is 0.251 e. The molecule has 1 aromatic rings. The summed E-state index contributed by atoms with van der Waals surface area (Å²) in [5.74, 6) is -0.565. The van der Waals surface area contributed by atoms with Crippen molar-refractivity contribution >= 4 is 11.8 Å². The van der Waals surface area contributed by atoms with Gasteiger partial charge in [-0.1, -0.05) is 13.8 Å². The molecule has 0 aliphatic carbocycles. The Kier molecular flexibility index (Phi) is 7.56. The van der Waals surface area contributed by atoms with Gasteiger partial charge in [-0.2, -0.15) is 0 Å². The fraction of sp³-hybridized carbons (Fsp3) is 0.500. The molecule has 0 fully saturated rings. The third kappa shape index (κ3) is 5.13. The molecule has 2 atom stereocenters. The molecular weight excluding hydrogens is 284 g/mol. The Hall–Kier alpha value is -1.92. The van der Waals surface area contributed by atoms with Gasteiger partial charge in [0.2, 0.25) is 0 Å². The van der Waals surface area contributed by atoms with Gasteiger partial charge in [0.05, 0.1) is 25.3 Å². The van der Waals surface area contributed by atoms with Crippen molar-refractivity contribution in [3.8, 4) is 0 Å². The number of amides is 2. The highest BCUT2D eigenvalue weighted by Crippen LogP contribution is 2.06. The number of nitrogens with one attached hydrogen (secondary N) is 2. The molecule has 1 aromatic carbocycles. The Morgan fingerprint density at radius 2 is 1.18 bits per heavy atom. The molecule has 0 saturated heterocycles. The van der Waals surface area contributed by atoms with Crippen molar-refractivity contribution in [2.24, 2.45) is 0 Å². The summed E-state index contributed by atoms with van der Waals surface area (Å²) in [6, 6.07) is 5.71. The quantitative estimate of drug-likeness (QED) is 0.568. The van der Waals surface area contributed by atoms with Crippen molar-refractivity contribution < 1.29 is 19.8 Å². The normalized spacial score (nSPS) is 13.3. The fourth-order valence-corrected chi connectivity index (χ4v) is 1.86. The third-order valence-corrected chi connectivity index (χ3v) is 3.51. The Bertz CT molecular complexity index is 434. The van der Waals surface area contributed by atoms with Gasteiger partial charge in [-0.05, 0) is 37.1 Å². The summed E-state index contributed by atoms with van der Waals surface area (Å²) in [6.07, 6.45) is 1.28. The molecule has 2 amide bonds. The molecule has 0 bridgehead atoms. The lowest BCUT2D eigenvalue weighted by molar-refractivity contribution is 0.0904. The second kappa shape index (κ2) is 9.17. The van der Waals surface area contributed by atoms with Gasteiger partial charge in [0, 0.05) is 11.1 Å². The number of rotatable bonds is 8. The van der Waals surface area contributed by atoms with Crippen molar-refractivity contribution in [1.82, 2.24) is 10.6 Å². The van der Waals surface area contributed by atoms with E-state index in [1.54, 1.807) is 24.3 Å². The minimum absolute atomic E-state index is 0.109. The van der Waals surface area contributed by atoms with Gasteiger partial charge in [0.25, 0.3) is 11.8 Å². The van der Waals surface area contributed by atoms with Gasteiger partial charge < -0.3 is 20.8 Å². The zero-order chi connectivity index (χ0) is 16.5. The van der Waals surface area contributed by atoms with Gasteiger partial charge in [-0.3, -0.25) is 9.59 Å². The number of hydrogen-bond donors (Lipinski definition) is 4. The molecule has 6 nitrogen and oxygen atoms in total. The first-order valence-electron chi connectivity index (χ1n) is 7.49. The lowest BCUT2D eigenvalue weighted by Crippen LogP contribution is -2.37. The minimum atomic E-state index is -0.283. The van der Waals surface area contributed by atoms with Crippen molar-refractivity contribution in [2.45, 2.75) is 38.8 Å². The number of aliphatic hydroxyl groups excluding tert-OH is 2. The molecule has 0 radical (unpaired) electrons. The number of carbonyl (C=O) groups is 2. The Balaban J connectivity index is 2.69. The van der Waals surface area contributed by atoms with Crippen LogP contribution in [0.5, 0.6) is 0 Å². The molecule has 0 aliphatic rings. The zero-order valence-electron chi connectivity index (χ0n) is 13.0. The van der Waals surface area contributed by atoms with E-state index in [0.717, 1.165) is 0 Å². The molecule has 22 heavy (non-hydrogen) atoms. The van der Waals surface area contributed by atoms with Crippen molar-refractivity contribution in [1.29, 1.82) is 0 Å². The second-order valence-corrected chi connectivity index (χ2v) is 5.10. The lowest BCUT2D eigenvalue weighted by Gasteiger charge is -2.15. The van der Waals surface area contributed by atoms with E-state index in [1.807, 2.05) is 13.8 Å². The maximum absolute atomic E-state index is 12.0. The first kappa shape index (κ1) is 18.1. The number of carbonyl (C=O) groups excluding carboxylic acids is 2. The van der Waals surface area contributed by atoms with Crippen LogP contribution in [0.4, 0.5) is 0 Å². The van der Waals surface area contributed by atoms with Gasteiger partial charge in [-0.15, -0.1) is 0 Å². The van der Waals surface area contributed by atoms with E-state index in [-0.39, 0.29) is 37.1 Å². The number of hydrogen-bond acceptors (Lipinski definition) is 4. The second-order valence-electron chi connectivity index (χ2n) is 5.10. The van der Waals surface area contributed by atoms with Crippen LogP contribution in [0.3, 0.4) is 0 Å². The summed E-state index contributed by atoms with van der Waals surface area (Å²) in [5.41, 5.74) is 0.857. The molecule has 0 heterocycles. The van der Waals surface area contributed by atoms with E-state index in [4.69, 9.17) is 10.2 Å². The monoisotopic (exact) mass is 308 g/mol. The van der Waals surface area contributed by atoms with Gasteiger partial charge >= 0.3 is 0 Å². The van der Waals surface area contributed by atoms with Crippen LogP contribution < -0.4 is 10.6 Å². The summed E-state index contributed by atoms with van der Waals surface area (Å²) >= 11 is 0. The summed E-state index contributed by atoms with van der Waals surface area (Å²) in [6.45, 7) is 3.53. The van der Waals surface area contributed by atoms with Crippen LogP contribution in [0.1, 0.15) is 47.4 Å². The van der Waals surface area contributed by atoms with Crippen LogP contribution in [0.15, 0.2) is 24.3 Å². The van der Waals surface area contributed by atoms with Crippen molar-refractivity contribution in [3.05, 3.63) is 35.4 Å². The van der Waals surface area contributed by atoms with Crippen molar-refractivity contribution in [3.63, 3.8) is 0 Å². The molecule has 6 heteroatoms. The first-order valence-corrected chi connectivity index (χ1v) is 7.49. The van der Waals surface area contributed by atoms with E-state index in [2.05, 4.69) is 10.6 Å². The standard InChI is InChI=1S/C16H24N2O4/c1-3-13(9-19)17-15(21)11-5-7-12(8-6-11)16(22)18-14(4-2)10-20/h5-8,13-14,19-20H,3-4,9-10H2,1-2H3,(H,17,21)(H,18,22)/t13-,14-/m0/s1. The summed E-state index contributed by atoms with van der Waals surface area (Å²) in [5, 5.41) is 23.6. The molecule has 0 spiro atoms. The van der Waals surface area contributed by atoms with E-state index in [9.17, 15) is 9.59 Å². The van der Waals surface area contributed by atoms with Crippen LogP contribution in [0.2, 0.25) is 0 Å². The van der Waals surface area contributed by atoms with Crippen LogP contribution >= 0.6 is 0 Å². The highest BCUT2D eigenvalue weighted by molar-refractivity contribution is 5.98. The minimum Gasteiger partial charge on any atom is -0.394 e. The zero-order valence-corrected chi connectivity index (χ0v) is 13.0. The fourth-order valence-electron chi connectivity index (χ4n) is 1.86. The molecule has 0 aliphatic heterocycles. The average Bonchev–Trinajstić information content (AvgIpc) is 2.57. The predicted octanol–water partition coefficient (Wildman–Crippen LogP) is 0.688. The largest absolute Gasteiger partial charge is 0.394 e. The Labute approximate surface area is 130 Å². The van der Waals surface area contributed by atoms with Crippen molar-refractivity contribution in [2.75, 3.05) is 13.2 Å². The van der Waals surface area contributed by atoms with Gasteiger partial charge in [-0.25, -0.2) is 0 Å². The molecular formula is C16H24N2O4. The molecule has 0 aromatic heterocycles. The average molecular weight is 308 g/mol.